The monoisotopic (exact) mass is 292 g/mol. The number of aliphatic hydroxyl groups is 1. The van der Waals surface area contributed by atoms with Crippen molar-refractivity contribution in [1.29, 1.82) is 0 Å². The molecule has 0 aliphatic heterocycles. The van der Waals surface area contributed by atoms with Crippen molar-refractivity contribution < 1.29 is 24.5 Å². The van der Waals surface area contributed by atoms with Crippen LogP contribution in [0, 0.1) is 5.92 Å². The van der Waals surface area contributed by atoms with Gasteiger partial charge in [0.2, 0.25) is 0 Å². The predicted octanol–water partition coefficient (Wildman–Crippen LogP) is 1.98. The van der Waals surface area contributed by atoms with Gasteiger partial charge in [0.1, 0.15) is 6.10 Å². The summed E-state index contributed by atoms with van der Waals surface area (Å²) in [5.74, 6) is -1.93. The van der Waals surface area contributed by atoms with Crippen LogP contribution in [0.5, 0.6) is 0 Å². The van der Waals surface area contributed by atoms with Crippen LogP contribution in [-0.4, -0.2) is 34.4 Å². The maximum atomic E-state index is 12.2. The van der Waals surface area contributed by atoms with Crippen molar-refractivity contribution in [1.82, 2.24) is 0 Å². The second-order valence-corrected chi connectivity index (χ2v) is 5.40. The van der Waals surface area contributed by atoms with Gasteiger partial charge in [0.05, 0.1) is 17.6 Å². The standard InChI is InChI=1S/C16H20O5/c1-2-10-9-11(15(18)19)3-8-14(10)16(20)21-13-6-4-12(17)5-7-13/h2-3,8-9,12-14,17H,4-7H2,1H3,(H,18,19). The number of carboxylic acid groups (broad SMARTS) is 1. The molecule has 1 fully saturated rings. The van der Waals surface area contributed by atoms with E-state index in [-0.39, 0.29) is 23.8 Å². The Morgan fingerprint density at radius 3 is 2.52 bits per heavy atom. The lowest BCUT2D eigenvalue weighted by Crippen LogP contribution is -2.30. The first-order chi connectivity index (χ1) is 10.0. The molecule has 1 atom stereocenters. The molecule has 2 aliphatic carbocycles. The third-order valence-corrected chi connectivity index (χ3v) is 3.91. The van der Waals surface area contributed by atoms with E-state index in [0.717, 1.165) is 0 Å². The molecule has 0 amide bonds. The fourth-order valence-corrected chi connectivity index (χ4v) is 2.64. The van der Waals surface area contributed by atoms with Crippen molar-refractivity contribution in [2.24, 2.45) is 5.92 Å². The summed E-state index contributed by atoms with van der Waals surface area (Å²) in [5.41, 5.74) is 0.795. The number of aliphatic carboxylic acids is 1. The number of allylic oxidation sites excluding steroid dienone is 2. The molecule has 5 heteroatoms. The molecule has 21 heavy (non-hydrogen) atoms. The molecule has 114 valence electrons. The molecule has 0 bridgehead atoms. The Kier molecular flexibility index (Phi) is 4.96. The molecule has 2 aliphatic rings. The van der Waals surface area contributed by atoms with E-state index in [1.807, 2.05) is 0 Å². The SMILES string of the molecule is CC=C1C=C(C(=O)O)C=CC1C(=O)OC1CCC(O)CC1. The van der Waals surface area contributed by atoms with Crippen LogP contribution in [0.2, 0.25) is 0 Å². The Balaban J connectivity index is 2.00. The smallest absolute Gasteiger partial charge is 0.335 e. The second kappa shape index (κ2) is 6.72. The lowest BCUT2D eigenvalue weighted by atomic mass is 9.90. The van der Waals surface area contributed by atoms with Gasteiger partial charge in [-0.2, -0.15) is 0 Å². The van der Waals surface area contributed by atoms with E-state index in [9.17, 15) is 14.7 Å². The molecule has 2 rings (SSSR count). The summed E-state index contributed by atoms with van der Waals surface area (Å²) in [4.78, 5) is 23.2. The third kappa shape index (κ3) is 3.82. The van der Waals surface area contributed by atoms with Crippen molar-refractivity contribution in [3.05, 3.63) is 35.5 Å². The fourth-order valence-electron chi connectivity index (χ4n) is 2.64. The van der Waals surface area contributed by atoms with E-state index in [4.69, 9.17) is 9.84 Å². The van der Waals surface area contributed by atoms with E-state index in [1.165, 1.54) is 12.2 Å². The average molecular weight is 292 g/mol. The maximum Gasteiger partial charge on any atom is 0.335 e. The van der Waals surface area contributed by atoms with Crippen molar-refractivity contribution in [2.45, 2.75) is 44.8 Å². The highest BCUT2D eigenvalue weighted by Crippen LogP contribution is 2.27. The van der Waals surface area contributed by atoms with Gasteiger partial charge in [-0.1, -0.05) is 18.2 Å². The largest absolute Gasteiger partial charge is 0.478 e. The molecule has 5 nitrogen and oxygen atoms in total. The summed E-state index contributed by atoms with van der Waals surface area (Å²) in [6.07, 6.45) is 8.43. The number of carbonyl (C=O) groups excluding carboxylic acids is 1. The number of carboxylic acids is 1. The lowest BCUT2D eigenvalue weighted by Gasteiger charge is -2.27. The number of rotatable bonds is 3. The minimum Gasteiger partial charge on any atom is -0.478 e. The van der Waals surface area contributed by atoms with E-state index < -0.39 is 11.9 Å². The van der Waals surface area contributed by atoms with Crippen molar-refractivity contribution in [3.63, 3.8) is 0 Å². The van der Waals surface area contributed by atoms with Gasteiger partial charge in [-0.05, 0) is 44.3 Å². The summed E-state index contributed by atoms with van der Waals surface area (Å²) in [6, 6.07) is 0. The molecule has 1 unspecified atom stereocenters. The van der Waals surface area contributed by atoms with Crippen molar-refractivity contribution in [2.75, 3.05) is 0 Å². The topological polar surface area (TPSA) is 83.8 Å². The molecule has 0 spiro atoms. The summed E-state index contributed by atoms with van der Waals surface area (Å²) in [6.45, 7) is 1.77. The van der Waals surface area contributed by atoms with Crippen LogP contribution in [0.4, 0.5) is 0 Å². The molecule has 1 saturated carbocycles. The molecule has 2 N–H and O–H groups in total. The predicted molar refractivity (Wildman–Crippen MR) is 76.5 cm³/mol. The van der Waals surface area contributed by atoms with E-state index in [2.05, 4.69) is 0 Å². The highest BCUT2D eigenvalue weighted by molar-refractivity contribution is 5.92. The highest BCUT2D eigenvalue weighted by atomic mass is 16.5. The zero-order chi connectivity index (χ0) is 15.4. The number of hydrogen-bond donors (Lipinski definition) is 2. The molecule has 0 heterocycles. The number of carbonyl (C=O) groups is 2. The van der Waals surface area contributed by atoms with Crippen LogP contribution in [0.1, 0.15) is 32.6 Å². The zero-order valence-electron chi connectivity index (χ0n) is 12.0. The van der Waals surface area contributed by atoms with Crippen molar-refractivity contribution in [3.8, 4) is 0 Å². The number of ether oxygens (including phenoxy) is 1. The minimum atomic E-state index is -1.02. The van der Waals surface area contributed by atoms with Gasteiger partial charge in [0.15, 0.2) is 0 Å². The second-order valence-electron chi connectivity index (χ2n) is 5.40. The normalized spacial score (nSPS) is 30.9. The van der Waals surface area contributed by atoms with Crippen LogP contribution in [0.3, 0.4) is 0 Å². The van der Waals surface area contributed by atoms with Gasteiger partial charge < -0.3 is 14.9 Å². The van der Waals surface area contributed by atoms with Crippen molar-refractivity contribution >= 4 is 11.9 Å². The molecule has 0 saturated heterocycles. The molecule has 0 aromatic heterocycles. The molecular formula is C16H20O5. The first-order valence-electron chi connectivity index (χ1n) is 7.19. The quantitative estimate of drug-likeness (QED) is 0.777. The molecule has 0 radical (unpaired) electrons. The molecule has 0 aromatic rings. The van der Waals surface area contributed by atoms with Crippen LogP contribution in [-0.2, 0) is 14.3 Å². The highest BCUT2D eigenvalue weighted by Gasteiger charge is 2.28. The Morgan fingerprint density at radius 1 is 1.29 bits per heavy atom. The Hall–Kier alpha value is -1.88. The number of hydrogen-bond acceptors (Lipinski definition) is 4. The first kappa shape index (κ1) is 15.5. The van der Waals surface area contributed by atoms with Gasteiger partial charge in [-0.15, -0.1) is 0 Å². The minimum absolute atomic E-state index is 0.155. The lowest BCUT2D eigenvalue weighted by molar-refractivity contribution is -0.153. The third-order valence-electron chi connectivity index (χ3n) is 3.91. The van der Waals surface area contributed by atoms with Crippen LogP contribution >= 0.6 is 0 Å². The Bertz CT molecular complexity index is 507. The summed E-state index contributed by atoms with van der Waals surface area (Å²) >= 11 is 0. The Morgan fingerprint density at radius 2 is 1.95 bits per heavy atom. The van der Waals surface area contributed by atoms with E-state index >= 15 is 0 Å². The summed E-state index contributed by atoms with van der Waals surface area (Å²) in [5, 5.41) is 18.4. The Labute approximate surface area is 123 Å². The zero-order valence-corrected chi connectivity index (χ0v) is 12.0. The average Bonchev–Trinajstić information content (AvgIpc) is 2.48. The van der Waals surface area contributed by atoms with Crippen LogP contribution in [0.25, 0.3) is 0 Å². The maximum absolute atomic E-state index is 12.2. The molecule has 0 aromatic carbocycles. The van der Waals surface area contributed by atoms with Gasteiger partial charge >= 0.3 is 11.9 Å². The van der Waals surface area contributed by atoms with Crippen LogP contribution < -0.4 is 0 Å². The first-order valence-corrected chi connectivity index (χ1v) is 7.19. The fraction of sp³-hybridized carbons (Fsp3) is 0.500. The summed E-state index contributed by atoms with van der Waals surface area (Å²) < 4.78 is 5.49. The van der Waals surface area contributed by atoms with E-state index in [1.54, 1.807) is 19.1 Å². The molecular weight excluding hydrogens is 272 g/mol. The van der Waals surface area contributed by atoms with Gasteiger partial charge in [-0.25, -0.2) is 4.79 Å². The van der Waals surface area contributed by atoms with Gasteiger partial charge in [0, 0.05) is 0 Å². The van der Waals surface area contributed by atoms with Gasteiger partial charge in [-0.3, -0.25) is 4.79 Å². The van der Waals surface area contributed by atoms with E-state index in [0.29, 0.717) is 31.3 Å². The number of aliphatic hydroxyl groups excluding tert-OH is 1. The number of esters is 1. The van der Waals surface area contributed by atoms with Crippen LogP contribution in [0.15, 0.2) is 35.5 Å². The summed E-state index contributed by atoms with van der Waals surface area (Å²) in [7, 11) is 0. The van der Waals surface area contributed by atoms with Gasteiger partial charge in [0.25, 0.3) is 0 Å².